The van der Waals surface area contributed by atoms with E-state index in [4.69, 9.17) is 0 Å². The van der Waals surface area contributed by atoms with Crippen LogP contribution in [-0.4, -0.2) is 19.3 Å². The fourth-order valence-electron chi connectivity index (χ4n) is 1.31. The molecule has 0 amide bonds. The summed E-state index contributed by atoms with van der Waals surface area (Å²) in [5.41, 5.74) is 0.262. The highest BCUT2D eigenvalue weighted by molar-refractivity contribution is 4.96. The van der Waals surface area contributed by atoms with Crippen LogP contribution < -0.4 is 5.32 Å². The number of hydrogen-bond acceptors (Lipinski definition) is 1. The topological polar surface area (TPSA) is 12.0 Å². The summed E-state index contributed by atoms with van der Waals surface area (Å²) in [6.45, 7) is 3.78. The third kappa shape index (κ3) is 3.01. The molecule has 0 saturated heterocycles. The minimum Gasteiger partial charge on any atom is -0.308 e. The lowest BCUT2D eigenvalue weighted by Crippen LogP contribution is -2.30. The van der Waals surface area contributed by atoms with Gasteiger partial charge in [-0.3, -0.25) is 0 Å². The van der Waals surface area contributed by atoms with E-state index in [1.165, 1.54) is 0 Å². The smallest absolute Gasteiger partial charge is 0.308 e. The molecule has 1 N–H and O–H groups in total. The second-order valence-corrected chi connectivity index (χ2v) is 4.14. The van der Waals surface area contributed by atoms with E-state index in [0.29, 0.717) is 12.5 Å². The zero-order valence-corrected chi connectivity index (χ0v) is 7.33. The van der Waals surface area contributed by atoms with E-state index in [9.17, 15) is 13.2 Å². The fourth-order valence-corrected chi connectivity index (χ4v) is 1.31. The first kappa shape index (κ1) is 9.84. The number of alkyl halides is 3. The van der Waals surface area contributed by atoms with E-state index in [1.54, 1.807) is 0 Å². The molecule has 1 unspecified atom stereocenters. The van der Waals surface area contributed by atoms with Crippen LogP contribution in [0.1, 0.15) is 20.3 Å². The number of rotatable bonds is 3. The highest BCUT2D eigenvalue weighted by atomic mass is 19.4. The minimum absolute atomic E-state index is 0.262. The van der Waals surface area contributed by atoms with E-state index in [0.717, 1.165) is 6.42 Å². The number of halogens is 3. The van der Waals surface area contributed by atoms with Crippen LogP contribution in [0.2, 0.25) is 0 Å². The molecule has 0 aromatic heterocycles. The Morgan fingerprint density at radius 1 is 1.42 bits per heavy atom. The van der Waals surface area contributed by atoms with Gasteiger partial charge >= 0.3 is 6.18 Å². The lowest BCUT2D eigenvalue weighted by atomic mass is 10.1. The molecule has 0 aromatic rings. The Balaban J connectivity index is 2.05. The Morgan fingerprint density at radius 2 is 1.92 bits per heavy atom. The van der Waals surface area contributed by atoms with E-state index in [1.807, 2.05) is 0 Å². The number of nitrogens with one attached hydrogen (secondary N) is 1. The van der Waals surface area contributed by atoms with Gasteiger partial charge in [0, 0.05) is 0 Å². The van der Waals surface area contributed by atoms with Gasteiger partial charge in [0.25, 0.3) is 0 Å². The lowest BCUT2D eigenvalue weighted by molar-refractivity contribution is -0.124. The molecular formula is C8H14F3N. The van der Waals surface area contributed by atoms with Crippen LogP contribution in [0.25, 0.3) is 0 Å². The molecule has 72 valence electrons. The van der Waals surface area contributed by atoms with Crippen LogP contribution in [0.5, 0.6) is 0 Å². The van der Waals surface area contributed by atoms with Gasteiger partial charge < -0.3 is 5.32 Å². The predicted molar refractivity (Wildman–Crippen MR) is 40.8 cm³/mol. The average molecular weight is 181 g/mol. The van der Waals surface area contributed by atoms with E-state index in [2.05, 4.69) is 19.2 Å². The van der Waals surface area contributed by atoms with Crippen molar-refractivity contribution in [3.05, 3.63) is 0 Å². The van der Waals surface area contributed by atoms with Gasteiger partial charge in [0.15, 0.2) is 0 Å². The maximum absolute atomic E-state index is 11.7. The van der Waals surface area contributed by atoms with Crippen molar-refractivity contribution >= 4 is 0 Å². The summed E-state index contributed by atoms with van der Waals surface area (Å²) >= 11 is 0. The highest BCUT2D eigenvalue weighted by Gasteiger charge is 2.45. The molecule has 1 rings (SSSR count). The molecular weight excluding hydrogens is 167 g/mol. The zero-order chi connectivity index (χ0) is 9.41. The van der Waals surface area contributed by atoms with Gasteiger partial charge in [-0.05, 0) is 24.3 Å². The quantitative estimate of drug-likeness (QED) is 0.703. The van der Waals surface area contributed by atoms with Crippen molar-refractivity contribution in [2.75, 3.05) is 13.1 Å². The molecule has 1 nitrogen and oxygen atoms in total. The third-order valence-electron chi connectivity index (χ3n) is 2.43. The summed E-state index contributed by atoms with van der Waals surface area (Å²) in [4.78, 5) is 0. The van der Waals surface area contributed by atoms with Crippen molar-refractivity contribution in [2.45, 2.75) is 26.4 Å². The van der Waals surface area contributed by atoms with Crippen LogP contribution in [0.3, 0.4) is 0 Å². The van der Waals surface area contributed by atoms with Crippen molar-refractivity contribution in [1.82, 2.24) is 5.32 Å². The zero-order valence-electron chi connectivity index (χ0n) is 7.33. The second kappa shape index (κ2) is 2.91. The maximum Gasteiger partial charge on any atom is 0.401 e. The third-order valence-corrected chi connectivity index (χ3v) is 2.43. The Bertz CT molecular complexity index is 162. The first-order chi connectivity index (χ1) is 5.31. The van der Waals surface area contributed by atoms with E-state index >= 15 is 0 Å². The van der Waals surface area contributed by atoms with Crippen LogP contribution in [0.4, 0.5) is 13.2 Å². The van der Waals surface area contributed by atoms with E-state index < -0.39 is 12.7 Å². The van der Waals surface area contributed by atoms with E-state index in [-0.39, 0.29) is 5.41 Å². The predicted octanol–water partition coefficient (Wildman–Crippen LogP) is 2.18. The first-order valence-electron chi connectivity index (χ1n) is 4.09. The van der Waals surface area contributed by atoms with Crippen molar-refractivity contribution in [2.24, 2.45) is 11.3 Å². The minimum atomic E-state index is -4.07. The van der Waals surface area contributed by atoms with Gasteiger partial charge in [-0.15, -0.1) is 0 Å². The molecule has 0 heterocycles. The van der Waals surface area contributed by atoms with Crippen molar-refractivity contribution in [3.63, 3.8) is 0 Å². The average Bonchev–Trinajstić information content (AvgIpc) is 2.36. The summed E-state index contributed by atoms with van der Waals surface area (Å²) in [5, 5.41) is 2.42. The van der Waals surface area contributed by atoms with Crippen LogP contribution in [-0.2, 0) is 0 Å². The molecule has 0 aliphatic heterocycles. The largest absolute Gasteiger partial charge is 0.401 e. The van der Waals surface area contributed by atoms with Gasteiger partial charge in [0.1, 0.15) is 0 Å². The summed E-state index contributed by atoms with van der Waals surface area (Å²) in [7, 11) is 0. The van der Waals surface area contributed by atoms with Crippen molar-refractivity contribution in [1.29, 1.82) is 0 Å². The van der Waals surface area contributed by atoms with Crippen molar-refractivity contribution < 1.29 is 13.2 Å². The molecule has 4 heteroatoms. The summed E-state index contributed by atoms with van der Waals surface area (Å²) in [6, 6.07) is 0. The Hall–Kier alpha value is -0.250. The first-order valence-corrected chi connectivity index (χ1v) is 4.09. The Labute approximate surface area is 70.3 Å². The van der Waals surface area contributed by atoms with Gasteiger partial charge in [-0.1, -0.05) is 13.8 Å². The second-order valence-electron chi connectivity index (χ2n) is 4.14. The molecule has 12 heavy (non-hydrogen) atoms. The molecule has 1 atom stereocenters. The summed E-state index contributed by atoms with van der Waals surface area (Å²) in [5.74, 6) is 0.430. The summed E-state index contributed by atoms with van der Waals surface area (Å²) in [6.07, 6.45) is -3.03. The molecule has 1 aliphatic rings. The monoisotopic (exact) mass is 181 g/mol. The highest BCUT2D eigenvalue weighted by Crippen LogP contribution is 2.50. The molecule has 1 aliphatic carbocycles. The fraction of sp³-hybridized carbons (Fsp3) is 1.00. The van der Waals surface area contributed by atoms with Gasteiger partial charge in [-0.2, -0.15) is 13.2 Å². The summed E-state index contributed by atoms with van der Waals surface area (Å²) < 4.78 is 35.0. The molecule has 0 bridgehead atoms. The molecule has 1 fully saturated rings. The lowest BCUT2D eigenvalue weighted by Gasteiger charge is -2.08. The van der Waals surface area contributed by atoms with Gasteiger partial charge in [0.05, 0.1) is 6.54 Å². The normalized spacial score (nSPS) is 27.2. The molecule has 1 saturated carbocycles. The van der Waals surface area contributed by atoms with Crippen molar-refractivity contribution in [3.8, 4) is 0 Å². The van der Waals surface area contributed by atoms with Gasteiger partial charge in [-0.25, -0.2) is 0 Å². The molecule has 0 spiro atoms. The SMILES string of the molecule is CC1(C)CC1CNCC(F)(F)F. The van der Waals surface area contributed by atoms with Crippen LogP contribution in [0, 0.1) is 11.3 Å². The van der Waals surface area contributed by atoms with Crippen LogP contribution in [0.15, 0.2) is 0 Å². The molecule has 0 aromatic carbocycles. The Kier molecular flexibility index (Phi) is 2.38. The standard InChI is InChI=1S/C8H14F3N/c1-7(2)3-6(7)4-12-5-8(9,10)11/h6,12H,3-5H2,1-2H3. The van der Waals surface area contributed by atoms with Gasteiger partial charge in [0.2, 0.25) is 0 Å². The maximum atomic E-state index is 11.7. The Morgan fingerprint density at radius 3 is 2.25 bits per heavy atom. The molecule has 0 radical (unpaired) electrons. The van der Waals surface area contributed by atoms with Crippen LogP contribution >= 0.6 is 0 Å². The number of hydrogen-bond donors (Lipinski definition) is 1.